The Balaban J connectivity index is 1.62. The van der Waals surface area contributed by atoms with Gasteiger partial charge in [0.15, 0.2) is 0 Å². The molecule has 1 aliphatic rings. The molecule has 2 heteroatoms. The van der Waals surface area contributed by atoms with Crippen molar-refractivity contribution in [3.05, 3.63) is 23.5 Å². The van der Waals surface area contributed by atoms with Gasteiger partial charge in [0, 0.05) is 0 Å². The number of aryl methyl sites for hydroxylation is 2. The highest BCUT2D eigenvalue weighted by Gasteiger charge is 2.20. The lowest BCUT2D eigenvalue weighted by molar-refractivity contribution is 0.248. The molecule has 0 atom stereocenters. The smallest absolute Gasteiger partial charge is 0.0631 e. The second kappa shape index (κ2) is 11.6. The molecule has 1 aromatic heterocycles. The van der Waals surface area contributed by atoms with Gasteiger partial charge in [-0.15, -0.1) is 0 Å². The maximum Gasteiger partial charge on any atom is 0.0631 e. The Morgan fingerprint density at radius 2 is 1.25 bits per heavy atom. The zero-order valence-electron chi connectivity index (χ0n) is 16.1. The van der Waals surface area contributed by atoms with E-state index in [0.717, 1.165) is 24.7 Å². The van der Waals surface area contributed by atoms with E-state index in [4.69, 9.17) is 0 Å². The molecule has 1 fully saturated rings. The van der Waals surface area contributed by atoms with E-state index in [1.807, 2.05) is 0 Å². The average Bonchev–Trinajstić information content (AvgIpc) is 2.63. The largest absolute Gasteiger partial charge is 0.155 e. The zero-order chi connectivity index (χ0) is 17.0. The van der Waals surface area contributed by atoms with Crippen molar-refractivity contribution in [3.8, 4) is 0 Å². The van der Waals surface area contributed by atoms with Crippen LogP contribution in [0.15, 0.2) is 12.1 Å². The quantitative estimate of drug-likeness (QED) is 0.431. The minimum absolute atomic E-state index is 0.929. The van der Waals surface area contributed by atoms with Crippen molar-refractivity contribution in [2.45, 2.75) is 104 Å². The van der Waals surface area contributed by atoms with Gasteiger partial charge in [-0.2, -0.15) is 10.2 Å². The van der Waals surface area contributed by atoms with Gasteiger partial charge in [0.1, 0.15) is 0 Å². The molecule has 1 saturated carbocycles. The van der Waals surface area contributed by atoms with Gasteiger partial charge >= 0.3 is 0 Å². The first-order valence-corrected chi connectivity index (χ1v) is 10.6. The molecular formula is C22H38N2. The Hall–Kier alpha value is -0.920. The summed E-state index contributed by atoms with van der Waals surface area (Å²) >= 11 is 0. The Kier molecular flexibility index (Phi) is 9.38. The van der Waals surface area contributed by atoms with Gasteiger partial charge in [-0.05, 0) is 49.7 Å². The van der Waals surface area contributed by atoms with Gasteiger partial charge in [0.05, 0.1) is 11.4 Å². The van der Waals surface area contributed by atoms with Crippen LogP contribution in [0.1, 0.15) is 102 Å². The van der Waals surface area contributed by atoms with Crippen LogP contribution in [0.2, 0.25) is 0 Å². The van der Waals surface area contributed by atoms with Crippen LogP contribution in [0.25, 0.3) is 0 Å². The number of aromatic nitrogens is 2. The first kappa shape index (κ1) is 19.4. The van der Waals surface area contributed by atoms with E-state index < -0.39 is 0 Å². The highest BCUT2D eigenvalue weighted by Crippen LogP contribution is 2.34. The summed E-state index contributed by atoms with van der Waals surface area (Å²) in [4.78, 5) is 0. The Morgan fingerprint density at radius 1 is 0.708 bits per heavy atom. The standard InChI is InChI=1S/C22H38N2/c1-3-5-7-9-19-11-13-20(14-12-19)15-16-22-18-17-21(23-24-22)10-8-6-4-2/h17-20H,3-16H2,1-2H3/t19-,20-. The minimum Gasteiger partial charge on any atom is -0.155 e. The normalized spacial score (nSPS) is 21.1. The summed E-state index contributed by atoms with van der Waals surface area (Å²) < 4.78 is 0. The number of unbranched alkanes of at least 4 members (excludes halogenated alkanes) is 4. The first-order valence-electron chi connectivity index (χ1n) is 10.6. The molecule has 0 aromatic carbocycles. The van der Waals surface area contributed by atoms with Crippen molar-refractivity contribution in [3.63, 3.8) is 0 Å². The fourth-order valence-corrected chi connectivity index (χ4v) is 4.05. The van der Waals surface area contributed by atoms with E-state index in [1.165, 1.54) is 88.4 Å². The van der Waals surface area contributed by atoms with Crippen molar-refractivity contribution in [2.24, 2.45) is 11.8 Å². The molecule has 0 amide bonds. The van der Waals surface area contributed by atoms with E-state index in [9.17, 15) is 0 Å². The molecule has 0 spiro atoms. The predicted octanol–water partition coefficient (Wildman–Crippen LogP) is 6.53. The maximum atomic E-state index is 4.46. The second-order valence-corrected chi connectivity index (χ2v) is 7.89. The van der Waals surface area contributed by atoms with E-state index in [-0.39, 0.29) is 0 Å². The van der Waals surface area contributed by atoms with E-state index in [1.54, 1.807) is 0 Å². The Labute approximate surface area is 149 Å². The molecule has 0 N–H and O–H groups in total. The molecular weight excluding hydrogens is 292 g/mol. The SMILES string of the molecule is CCCCCc1ccc(CC[C@H]2CC[C@H](CCCCC)CC2)nn1. The van der Waals surface area contributed by atoms with Gasteiger partial charge in [0.25, 0.3) is 0 Å². The molecule has 0 saturated heterocycles. The molecule has 24 heavy (non-hydrogen) atoms. The van der Waals surface area contributed by atoms with Gasteiger partial charge < -0.3 is 0 Å². The van der Waals surface area contributed by atoms with E-state index in [0.29, 0.717) is 0 Å². The number of rotatable bonds is 11. The molecule has 0 radical (unpaired) electrons. The molecule has 1 aliphatic carbocycles. The second-order valence-electron chi connectivity index (χ2n) is 7.89. The third kappa shape index (κ3) is 7.32. The lowest BCUT2D eigenvalue weighted by Gasteiger charge is -2.28. The lowest BCUT2D eigenvalue weighted by Crippen LogP contribution is -2.15. The zero-order valence-corrected chi connectivity index (χ0v) is 16.1. The third-order valence-electron chi connectivity index (χ3n) is 5.80. The van der Waals surface area contributed by atoms with E-state index in [2.05, 4.69) is 36.2 Å². The van der Waals surface area contributed by atoms with Crippen molar-refractivity contribution in [1.29, 1.82) is 0 Å². The molecule has 2 nitrogen and oxygen atoms in total. The van der Waals surface area contributed by atoms with Crippen LogP contribution in [0.4, 0.5) is 0 Å². The van der Waals surface area contributed by atoms with Gasteiger partial charge in [0.2, 0.25) is 0 Å². The van der Waals surface area contributed by atoms with E-state index >= 15 is 0 Å². The summed E-state index contributed by atoms with van der Waals surface area (Å²) in [5.74, 6) is 1.95. The Morgan fingerprint density at radius 3 is 1.83 bits per heavy atom. The highest BCUT2D eigenvalue weighted by atomic mass is 15.1. The topological polar surface area (TPSA) is 25.8 Å². The van der Waals surface area contributed by atoms with Crippen molar-refractivity contribution < 1.29 is 0 Å². The van der Waals surface area contributed by atoms with Gasteiger partial charge in [-0.25, -0.2) is 0 Å². The van der Waals surface area contributed by atoms with Crippen LogP contribution in [-0.2, 0) is 12.8 Å². The summed E-state index contributed by atoms with van der Waals surface area (Å²) in [6, 6.07) is 4.41. The summed E-state index contributed by atoms with van der Waals surface area (Å²) in [7, 11) is 0. The Bertz CT molecular complexity index is 418. The molecule has 2 rings (SSSR count). The van der Waals surface area contributed by atoms with Gasteiger partial charge in [-0.3, -0.25) is 0 Å². The van der Waals surface area contributed by atoms with Crippen LogP contribution >= 0.6 is 0 Å². The molecule has 1 aromatic rings. The minimum atomic E-state index is 0.929. The molecule has 0 aliphatic heterocycles. The van der Waals surface area contributed by atoms with Crippen molar-refractivity contribution in [2.75, 3.05) is 0 Å². The van der Waals surface area contributed by atoms with Crippen LogP contribution in [0.5, 0.6) is 0 Å². The summed E-state index contributed by atoms with van der Waals surface area (Å²) in [5, 5.41) is 8.87. The molecule has 0 bridgehead atoms. The molecule has 0 unspecified atom stereocenters. The molecule has 136 valence electrons. The van der Waals surface area contributed by atoms with Crippen LogP contribution in [0.3, 0.4) is 0 Å². The lowest BCUT2D eigenvalue weighted by atomic mass is 9.78. The third-order valence-corrected chi connectivity index (χ3v) is 5.80. The maximum absolute atomic E-state index is 4.46. The van der Waals surface area contributed by atoms with Crippen molar-refractivity contribution >= 4 is 0 Å². The van der Waals surface area contributed by atoms with Crippen molar-refractivity contribution in [1.82, 2.24) is 10.2 Å². The average molecular weight is 331 g/mol. The monoisotopic (exact) mass is 330 g/mol. The summed E-state index contributed by atoms with van der Waals surface area (Å²) in [6.45, 7) is 4.55. The van der Waals surface area contributed by atoms with Crippen LogP contribution in [0, 0.1) is 11.8 Å². The van der Waals surface area contributed by atoms with Gasteiger partial charge in [-0.1, -0.05) is 78.1 Å². The number of hydrogen-bond donors (Lipinski definition) is 0. The summed E-state index contributed by atoms with van der Waals surface area (Å²) in [6.07, 6.45) is 18.9. The molecule has 1 heterocycles. The highest BCUT2D eigenvalue weighted by molar-refractivity contribution is 5.07. The first-order chi connectivity index (χ1) is 11.8. The van der Waals surface area contributed by atoms with Crippen LogP contribution < -0.4 is 0 Å². The summed E-state index contributed by atoms with van der Waals surface area (Å²) in [5.41, 5.74) is 2.36. The number of hydrogen-bond acceptors (Lipinski definition) is 2. The predicted molar refractivity (Wildman–Crippen MR) is 103 cm³/mol. The number of nitrogens with zero attached hydrogens (tertiary/aromatic N) is 2. The fraction of sp³-hybridized carbons (Fsp3) is 0.818. The fourth-order valence-electron chi connectivity index (χ4n) is 4.05. The van der Waals surface area contributed by atoms with Crippen LogP contribution in [-0.4, -0.2) is 10.2 Å².